The standard InChI is InChI=1S/C52H92O6/c1-4-7-10-13-16-19-22-24-26-28-30-33-36-39-42-45-51(54)57-48-49(47-56-50(53)44-41-38-35-32-21-18-15-12-9-6-3)58-52(55)46-43-40-37-34-31-29-27-25-23-20-17-14-11-8-5-2/h7,10,16,19,24-27,49H,4-6,8-9,11-15,17-18,20-23,28-48H2,1-3H3/b10-7-,19-16-,26-24-,27-25-/t49-/m1/s1. The molecule has 0 unspecified atom stereocenters. The molecule has 0 spiro atoms. The van der Waals surface area contributed by atoms with Crippen LogP contribution in [-0.4, -0.2) is 37.2 Å². The van der Waals surface area contributed by atoms with Crippen LogP contribution in [-0.2, 0) is 28.6 Å². The van der Waals surface area contributed by atoms with Gasteiger partial charge < -0.3 is 14.2 Å². The van der Waals surface area contributed by atoms with E-state index >= 15 is 0 Å². The van der Waals surface area contributed by atoms with E-state index in [4.69, 9.17) is 14.2 Å². The Hall–Kier alpha value is -2.63. The number of hydrogen-bond acceptors (Lipinski definition) is 6. The van der Waals surface area contributed by atoms with E-state index in [0.29, 0.717) is 19.3 Å². The van der Waals surface area contributed by atoms with Crippen LogP contribution in [0.15, 0.2) is 48.6 Å². The molecule has 0 N–H and O–H groups in total. The van der Waals surface area contributed by atoms with Gasteiger partial charge in [0.05, 0.1) is 0 Å². The van der Waals surface area contributed by atoms with Gasteiger partial charge >= 0.3 is 17.9 Å². The number of esters is 3. The summed E-state index contributed by atoms with van der Waals surface area (Å²) in [6, 6.07) is 0. The first kappa shape index (κ1) is 55.4. The predicted octanol–water partition coefficient (Wildman–Crippen LogP) is 15.9. The minimum Gasteiger partial charge on any atom is -0.462 e. The van der Waals surface area contributed by atoms with Gasteiger partial charge in [-0.15, -0.1) is 0 Å². The van der Waals surface area contributed by atoms with Gasteiger partial charge in [0.15, 0.2) is 6.10 Å². The lowest BCUT2D eigenvalue weighted by atomic mass is 10.1. The van der Waals surface area contributed by atoms with Gasteiger partial charge in [0, 0.05) is 19.3 Å². The zero-order chi connectivity index (χ0) is 42.3. The van der Waals surface area contributed by atoms with Gasteiger partial charge in [-0.3, -0.25) is 14.4 Å². The summed E-state index contributed by atoms with van der Waals surface area (Å²) in [5, 5.41) is 0. The topological polar surface area (TPSA) is 78.9 Å². The van der Waals surface area contributed by atoms with Crippen LogP contribution in [0.25, 0.3) is 0 Å². The Labute approximate surface area is 358 Å². The van der Waals surface area contributed by atoms with Crippen LogP contribution in [0.5, 0.6) is 0 Å². The number of unbranched alkanes of at least 4 members (excludes halogenated alkanes) is 25. The molecule has 0 saturated carbocycles. The van der Waals surface area contributed by atoms with Crippen molar-refractivity contribution in [2.24, 2.45) is 0 Å². The molecule has 58 heavy (non-hydrogen) atoms. The molecule has 6 nitrogen and oxygen atoms in total. The number of allylic oxidation sites excluding steroid dienone is 8. The van der Waals surface area contributed by atoms with Crippen molar-refractivity contribution in [1.29, 1.82) is 0 Å². The highest BCUT2D eigenvalue weighted by Gasteiger charge is 2.19. The molecule has 0 aliphatic carbocycles. The summed E-state index contributed by atoms with van der Waals surface area (Å²) in [6.45, 7) is 6.49. The van der Waals surface area contributed by atoms with Crippen molar-refractivity contribution in [2.75, 3.05) is 13.2 Å². The number of ether oxygens (including phenoxy) is 3. The highest BCUT2D eigenvalue weighted by Crippen LogP contribution is 2.14. The second kappa shape index (κ2) is 47.1. The molecule has 0 amide bonds. The molecule has 0 aliphatic heterocycles. The van der Waals surface area contributed by atoms with Gasteiger partial charge in [0.2, 0.25) is 0 Å². The SMILES string of the molecule is CC/C=C\C/C=C\C/C=C\CCCCCCCC(=O)OC[C@@H](COC(=O)CCCCCCCCCCCC)OC(=O)CCCCCCC/C=C\CCCCCCCC. The zero-order valence-corrected chi connectivity index (χ0v) is 38.3. The molecule has 0 bridgehead atoms. The largest absolute Gasteiger partial charge is 0.462 e. The van der Waals surface area contributed by atoms with Gasteiger partial charge in [-0.05, 0) is 77.0 Å². The molecule has 0 heterocycles. The quantitative estimate of drug-likeness (QED) is 0.0264. The second-order valence-corrected chi connectivity index (χ2v) is 16.3. The smallest absolute Gasteiger partial charge is 0.306 e. The van der Waals surface area contributed by atoms with Gasteiger partial charge in [-0.1, -0.05) is 198 Å². The van der Waals surface area contributed by atoms with Crippen LogP contribution in [0.3, 0.4) is 0 Å². The molecule has 1 atom stereocenters. The maximum atomic E-state index is 12.8. The maximum Gasteiger partial charge on any atom is 0.306 e. The highest BCUT2D eigenvalue weighted by molar-refractivity contribution is 5.71. The van der Waals surface area contributed by atoms with Crippen LogP contribution >= 0.6 is 0 Å². The Morgan fingerprint density at radius 3 is 1.07 bits per heavy atom. The van der Waals surface area contributed by atoms with Crippen molar-refractivity contribution in [1.82, 2.24) is 0 Å². The van der Waals surface area contributed by atoms with E-state index in [1.54, 1.807) is 0 Å². The zero-order valence-electron chi connectivity index (χ0n) is 38.3. The minimum absolute atomic E-state index is 0.0803. The van der Waals surface area contributed by atoms with E-state index in [1.165, 1.54) is 96.3 Å². The first-order valence-electron chi connectivity index (χ1n) is 24.6. The monoisotopic (exact) mass is 813 g/mol. The Balaban J connectivity index is 4.39. The average molecular weight is 813 g/mol. The number of carbonyl (C=O) groups excluding carboxylic acids is 3. The highest BCUT2D eigenvalue weighted by atomic mass is 16.6. The van der Waals surface area contributed by atoms with E-state index in [-0.39, 0.29) is 31.1 Å². The summed E-state index contributed by atoms with van der Waals surface area (Å²) in [7, 11) is 0. The first-order valence-corrected chi connectivity index (χ1v) is 24.6. The Morgan fingerprint density at radius 2 is 0.672 bits per heavy atom. The molecule has 0 aromatic heterocycles. The number of carbonyl (C=O) groups is 3. The van der Waals surface area contributed by atoms with E-state index in [2.05, 4.69) is 69.4 Å². The van der Waals surface area contributed by atoms with Gasteiger partial charge in [-0.2, -0.15) is 0 Å². The normalized spacial score (nSPS) is 12.4. The van der Waals surface area contributed by atoms with E-state index in [1.807, 2.05) is 0 Å². The Bertz CT molecular complexity index is 1030. The molecule has 0 aromatic carbocycles. The lowest BCUT2D eigenvalue weighted by Gasteiger charge is -2.18. The lowest BCUT2D eigenvalue weighted by molar-refractivity contribution is -0.167. The van der Waals surface area contributed by atoms with Crippen molar-refractivity contribution in [3.05, 3.63) is 48.6 Å². The van der Waals surface area contributed by atoms with Crippen LogP contribution in [0.1, 0.15) is 245 Å². The number of hydrogen-bond donors (Lipinski definition) is 0. The summed E-state index contributed by atoms with van der Waals surface area (Å²) in [5.41, 5.74) is 0. The molecule has 6 heteroatoms. The van der Waals surface area contributed by atoms with Crippen molar-refractivity contribution in [3.8, 4) is 0 Å². The molecule has 0 radical (unpaired) electrons. The third-order valence-corrected chi connectivity index (χ3v) is 10.6. The fourth-order valence-corrected chi connectivity index (χ4v) is 6.86. The lowest BCUT2D eigenvalue weighted by Crippen LogP contribution is -2.30. The molecule has 0 rings (SSSR count). The maximum absolute atomic E-state index is 12.8. The Kier molecular flexibility index (Phi) is 44.9. The third kappa shape index (κ3) is 44.5. The molecular formula is C52H92O6. The van der Waals surface area contributed by atoms with Crippen LogP contribution in [0.2, 0.25) is 0 Å². The summed E-state index contributed by atoms with van der Waals surface area (Å²) in [5.74, 6) is -0.904. The second-order valence-electron chi connectivity index (χ2n) is 16.3. The van der Waals surface area contributed by atoms with E-state index in [0.717, 1.165) is 109 Å². The molecular weight excluding hydrogens is 721 g/mol. The Morgan fingerprint density at radius 1 is 0.362 bits per heavy atom. The molecule has 0 aromatic rings. The van der Waals surface area contributed by atoms with Crippen molar-refractivity contribution < 1.29 is 28.6 Å². The van der Waals surface area contributed by atoms with Gasteiger partial charge in [0.25, 0.3) is 0 Å². The third-order valence-electron chi connectivity index (χ3n) is 10.6. The molecule has 0 aliphatic rings. The van der Waals surface area contributed by atoms with Crippen molar-refractivity contribution in [2.45, 2.75) is 252 Å². The van der Waals surface area contributed by atoms with Crippen molar-refractivity contribution >= 4 is 17.9 Å². The fourth-order valence-electron chi connectivity index (χ4n) is 6.86. The molecule has 336 valence electrons. The van der Waals surface area contributed by atoms with E-state index in [9.17, 15) is 14.4 Å². The molecule has 0 saturated heterocycles. The minimum atomic E-state index is -0.780. The summed E-state index contributed by atoms with van der Waals surface area (Å²) in [6.07, 6.45) is 55.2. The van der Waals surface area contributed by atoms with Gasteiger partial charge in [-0.25, -0.2) is 0 Å². The van der Waals surface area contributed by atoms with Crippen molar-refractivity contribution in [3.63, 3.8) is 0 Å². The number of rotatable bonds is 44. The van der Waals surface area contributed by atoms with Gasteiger partial charge in [0.1, 0.15) is 13.2 Å². The summed E-state index contributed by atoms with van der Waals surface area (Å²) < 4.78 is 16.7. The predicted molar refractivity (Wildman–Crippen MR) is 247 cm³/mol. The van der Waals surface area contributed by atoms with Crippen LogP contribution in [0, 0.1) is 0 Å². The summed E-state index contributed by atoms with van der Waals surface area (Å²) >= 11 is 0. The fraction of sp³-hybridized carbons (Fsp3) is 0.788. The average Bonchev–Trinajstić information content (AvgIpc) is 3.22. The first-order chi connectivity index (χ1) is 28.5. The molecule has 0 fully saturated rings. The van der Waals surface area contributed by atoms with Crippen LogP contribution in [0.4, 0.5) is 0 Å². The van der Waals surface area contributed by atoms with Crippen LogP contribution < -0.4 is 0 Å². The summed E-state index contributed by atoms with van der Waals surface area (Å²) in [4.78, 5) is 37.8. The van der Waals surface area contributed by atoms with E-state index < -0.39 is 6.10 Å².